The van der Waals surface area contributed by atoms with Gasteiger partial charge < -0.3 is 9.15 Å². The van der Waals surface area contributed by atoms with E-state index in [0.717, 1.165) is 5.56 Å². The van der Waals surface area contributed by atoms with Crippen LogP contribution in [0.1, 0.15) is 35.2 Å². The van der Waals surface area contributed by atoms with Crippen molar-refractivity contribution in [1.29, 1.82) is 0 Å². The fourth-order valence-corrected chi connectivity index (χ4v) is 1.64. The highest BCUT2D eigenvalue weighted by molar-refractivity contribution is 5.88. The molecule has 0 aliphatic rings. The van der Waals surface area contributed by atoms with Gasteiger partial charge in [-0.15, -0.1) is 0 Å². The molecule has 0 aliphatic heterocycles. The minimum Gasteiger partial charge on any atom is -0.460 e. The van der Waals surface area contributed by atoms with Gasteiger partial charge in [-0.05, 0) is 26.0 Å². The van der Waals surface area contributed by atoms with Crippen molar-refractivity contribution in [3.8, 4) is 11.5 Å². The summed E-state index contributed by atoms with van der Waals surface area (Å²) in [5.74, 6) is -1.51. The highest BCUT2D eigenvalue weighted by atomic mass is 19.3. The predicted molar refractivity (Wildman–Crippen MR) is 67.6 cm³/mol. The highest BCUT2D eigenvalue weighted by Crippen LogP contribution is 2.28. The van der Waals surface area contributed by atoms with Gasteiger partial charge in [-0.3, -0.25) is 0 Å². The van der Waals surface area contributed by atoms with Crippen molar-refractivity contribution in [1.82, 2.24) is 4.98 Å². The lowest BCUT2D eigenvalue weighted by Gasteiger charge is -1.99. The number of esters is 1. The summed E-state index contributed by atoms with van der Waals surface area (Å²) in [5.41, 5.74) is 0.840. The van der Waals surface area contributed by atoms with E-state index in [9.17, 15) is 13.6 Å². The number of carbonyl (C=O) groups excluding carboxylic acids is 1. The van der Waals surface area contributed by atoms with E-state index in [-0.39, 0.29) is 12.5 Å². The number of hydrogen-bond acceptors (Lipinski definition) is 4. The van der Waals surface area contributed by atoms with Crippen molar-refractivity contribution < 1.29 is 22.7 Å². The largest absolute Gasteiger partial charge is 0.460 e. The molecule has 0 radical (unpaired) electrons. The van der Waals surface area contributed by atoms with Crippen molar-refractivity contribution in [3.05, 3.63) is 41.3 Å². The number of nitrogens with zero attached hydrogens (tertiary/aromatic N) is 1. The quantitative estimate of drug-likeness (QED) is 0.800. The average molecular weight is 281 g/mol. The van der Waals surface area contributed by atoms with E-state index in [1.807, 2.05) is 6.92 Å². The number of aromatic nitrogens is 1. The van der Waals surface area contributed by atoms with Gasteiger partial charge in [0.15, 0.2) is 5.69 Å². The molecular weight excluding hydrogens is 268 g/mol. The van der Waals surface area contributed by atoms with Gasteiger partial charge in [0.25, 0.3) is 6.43 Å². The number of rotatable bonds is 4. The number of oxazole rings is 1. The van der Waals surface area contributed by atoms with E-state index in [1.54, 1.807) is 31.2 Å². The molecule has 106 valence electrons. The average Bonchev–Trinajstić information content (AvgIpc) is 2.85. The molecule has 1 aromatic carbocycles. The first kappa shape index (κ1) is 14.2. The SMILES string of the molecule is CCOC(=O)c1oc(-c2ccc(C)cc2)nc1C(F)F. The van der Waals surface area contributed by atoms with Crippen molar-refractivity contribution in [2.24, 2.45) is 0 Å². The number of hydrogen-bond donors (Lipinski definition) is 0. The van der Waals surface area contributed by atoms with E-state index in [2.05, 4.69) is 9.72 Å². The van der Waals surface area contributed by atoms with Crippen LogP contribution in [0, 0.1) is 6.92 Å². The van der Waals surface area contributed by atoms with Crippen LogP contribution in [0.15, 0.2) is 28.7 Å². The second-order valence-electron chi connectivity index (χ2n) is 4.12. The predicted octanol–water partition coefficient (Wildman–Crippen LogP) is 3.76. The van der Waals surface area contributed by atoms with Crippen LogP contribution in [0.25, 0.3) is 11.5 Å². The van der Waals surface area contributed by atoms with Gasteiger partial charge in [-0.25, -0.2) is 18.6 Å². The molecular formula is C14H13F2NO3. The molecule has 0 unspecified atom stereocenters. The summed E-state index contributed by atoms with van der Waals surface area (Å²) in [4.78, 5) is 15.3. The third-order valence-electron chi connectivity index (χ3n) is 2.62. The van der Waals surface area contributed by atoms with Crippen molar-refractivity contribution >= 4 is 5.97 Å². The summed E-state index contributed by atoms with van der Waals surface area (Å²) in [6.07, 6.45) is -2.91. The van der Waals surface area contributed by atoms with Crippen LogP contribution in [0.3, 0.4) is 0 Å². The molecule has 0 saturated carbocycles. The Labute approximate surface area is 114 Å². The minimum absolute atomic E-state index is 0.0247. The second-order valence-corrected chi connectivity index (χ2v) is 4.12. The molecule has 20 heavy (non-hydrogen) atoms. The van der Waals surface area contributed by atoms with Crippen LogP contribution in [0.4, 0.5) is 8.78 Å². The zero-order valence-electron chi connectivity index (χ0n) is 11.0. The van der Waals surface area contributed by atoms with Crippen molar-refractivity contribution in [3.63, 3.8) is 0 Å². The van der Waals surface area contributed by atoms with Gasteiger partial charge >= 0.3 is 5.97 Å². The summed E-state index contributed by atoms with van der Waals surface area (Å²) in [7, 11) is 0. The normalized spacial score (nSPS) is 10.8. The Kier molecular flexibility index (Phi) is 4.12. The van der Waals surface area contributed by atoms with Gasteiger partial charge in [0, 0.05) is 5.56 Å². The van der Waals surface area contributed by atoms with Crippen LogP contribution in [0.5, 0.6) is 0 Å². The Morgan fingerprint density at radius 3 is 2.55 bits per heavy atom. The Balaban J connectivity index is 2.43. The summed E-state index contributed by atoms with van der Waals surface area (Å²) < 4.78 is 35.6. The molecule has 0 atom stereocenters. The fraction of sp³-hybridized carbons (Fsp3) is 0.286. The van der Waals surface area contributed by atoms with Crippen LogP contribution < -0.4 is 0 Å². The molecule has 0 bridgehead atoms. The van der Waals surface area contributed by atoms with Crippen molar-refractivity contribution in [2.45, 2.75) is 20.3 Å². The Morgan fingerprint density at radius 2 is 2.00 bits per heavy atom. The van der Waals surface area contributed by atoms with E-state index >= 15 is 0 Å². The molecule has 1 aromatic heterocycles. The molecule has 0 spiro atoms. The van der Waals surface area contributed by atoms with E-state index in [4.69, 9.17) is 4.42 Å². The summed E-state index contributed by atoms with van der Waals surface area (Å²) >= 11 is 0. The number of carbonyl (C=O) groups is 1. The second kappa shape index (κ2) is 5.81. The van der Waals surface area contributed by atoms with Gasteiger partial charge in [0.2, 0.25) is 11.7 Å². The van der Waals surface area contributed by atoms with E-state index in [1.165, 1.54) is 0 Å². The highest BCUT2D eigenvalue weighted by Gasteiger charge is 2.27. The van der Waals surface area contributed by atoms with Gasteiger partial charge in [0.1, 0.15) is 0 Å². The lowest BCUT2D eigenvalue weighted by Crippen LogP contribution is -2.06. The van der Waals surface area contributed by atoms with Gasteiger partial charge in [0.05, 0.1) is 6.61 Å². The molecule has 0 saturated heterocycles. The maximum absolute atomic E-state index is 12.9. The zero-order valence-corrected chi connectivity index (χ0v) is 11.0. The lowest BCUT2D eigenvalue weighted by atomic mass is 10.1. The molecule has 0 fully saturated rings. The molecule has 0 amide bonds. The maximum Gasteiger partial charge on any atom is 0.376 e. The van der Waals surface area contributed by atoms with Crippen LogP contribution >= 0.6 is 0 Å². The van der Waals surface area contributed by atoms with Crippen molar-refractivity contribution in [2.75, 3.05) is 6.61 Å². The minimum atomic E-state index is -2.91. The van der Waals surface area contributed by atoms with E-state index < -0.39 is 23.8 Å². The van der Waals surface area contributed by atoms with Gasteiger partial charge in [-0.2, -0.15) is 0 Å². The fourth-order valence-electron chi connectivity index (χ4n) is 1.64. The summed E-state index contributed by atoms with van der Waals surface area (Å²) in [5, 5.41) is 0. The molecule has 2 rings (SSSR count). The van der Waals surface area contributed by atoms with Crippen LogP contribution in [-0.2, 0) is 4.74 Å². The first-order valence-electron chi connectivity index (χ1n) is 6.06. The number of benzene rings is 1. The lowest BCUT2D eigenvalue weighted by molar-refractivity contribution is 0.0476. The van der Waals surface area contributed by atoms with E-state index in [0.29, 0.717) is 5.56 Å². The molecule has 4 nitrogen and oxygen atoms in total. The summed E-state index contributed by atoms with van der Waals surface area (Å²) in [6, 6.07) is 6.97. The Morgan fingerprint density at radius 1 is 1.35 bits per heavy atom. The maximum atomic E-state index is 12.9. The monoisotopic (exact) mass is 281 g/mol. The third-order valence-corrected chi connectivity index (χ3v) is 2.62. The molecule has 0 aliphatic carbocycles. The topological polar surface area (TPSA) is 52.3 Å². The summed E-state index contributed by atoms with van der Waals surface area (Å²) in [6.45, 7) is 3.55. The Bertz CT molecular complexity index is 605. The van der Waals surface area contributed by atoms with Crippen LogP contribution in [0.2, 0.25) is 0 Å². The first-order valence-corrected chi connectivity index (χ1v) is 6.06. The smallest absolute Gasteiger partial charge is 0.376 e. The van der Waals surface area contributed by atoms with Gasteiger partial charge in [-0.1, -0.05) is 17.7 Å². The first-order chi connectivity index (χ1) is 9.52. The number of aryl methyl sites for hydroxylation is 1. The number of ether oxygens (including phenoxy) is 1. The third kappa shape index (κ3) is 2.84. The van der Waals surface area contributed by atoms with Crippen LogP contribution in [-0.4, -0.2) is 17.6 Å². The number of halogens is 2. The molecule has 0 N–H and O–H groups in total. The number of alkyl halides is 2. The zero-order chi connectivity index (χ0) is 14.7. The molecule has 2 aromatic rings. The molecule has 1 heterocycles. The molecule has 6 heteroatoms. The Hall–Kier alpha value is -2.24. The standard InChI is InChI=1S/C14H13F2NO3/c1-3-19-14(18)11-10(12(15)16)17-13(20-11)9-6-4-8(2)5-7-9/h4-7,12H,3H2,1-2H3.